The van der Waals surface area contributed by atoms with E-state index in [1.807, 2.05) is 48.5 Å². The molecular weight excluding hydrogens is 531 g/mol. The first-order valence-electron chi connectivity index (χ1n) is 11.9. The van der Waals surface area contributed by atoms with Crippen molar-refractivity contribution in [2.24, 2.45) is 0 Å². The number of amides is 1. The van der Waals surface area contributed by atoms with E-state index in [1.54, 1.807) is 0 Å². The Hall–Kier alpha value is -4.37. The molecule has 1 amide bonds. The molecule has 3 N–H and O–H groups in total. The fraction of sp³-hybridized carbons (Fsp3) is 0.138. The van der Waals surface area contributed by atoms with Crippen molar-refractivity contribution in [1.82, 2.24) is 10.3 Å². The van der Waals surface area contributed by atoms with Gasteiger partial charge in [-0.15, -0.1) is 0 Å². The van der Waals surface area contributed by atoms with Crippen molar-refractivity contribution in [2.75, 3.05) is 11.9 Å². The Morgan fingerprint density at radius 2 is 1.51 bits per heavy atom. The maximum atomic E-state index is 13.5. The monoisotopic (exact) mass is 553 g/mol. The third kappa shape index (κ3) is 7.36. The number of carboxylic acid groups (broad SMARTS) is 1. The van der Waals surface area contributed by atoms with E-state index in [1.165, 1.54) is 24.4 Å². The first-order chi connectivity index (χ1) is 18.6. The Bertz CT molecular complexity index is 1460. The molecule has 1 heterocycles. The van der Waals surface area contributed by atoms with Crippen LogP contribution >= 0.6 is 11.6 Å². The lowest BCUT2D eigenvalue weighted by molar-refractivity contribution is -0.138. The molecule has 0 saturated carbocycles. The van der Waals surface area contributed by atoms with E-state index >= 15 is 0 Å². The zero-order chi connectivity index (χ0) is 28.0. The minimum absolute atomic E-state index is 0.0246. The van der Waals surface area contributed by atoms with Crippen molar-refractivity contribution in [3.8, 4) is 22.3 Å². The van der Waals surface area contributed by atoms with Gasteiger partial charge in [0.25, 0.3) is 5.91 Å². The summed E-state index contributed by atoms with van der Waals surface area (Å²) in [7, 11) is 0. The fourth-order valence-corrected chi connectivity index (χ4v) is 3.98. The molecule has 4 aromatic rings. The molecule has 0 unspecified atom stereocenters. The molecule has 39 heavy (non-hydrogen) atoms. The second-order valence-corrected chi connectivity index (χ2v) is 9.08. The number of pyridine rings is 1. The average Bonchev–Trinajstić information content (AvgIpc) is 2.92. The molecule has 0 spiro atoms. The summed E-state index contributed by atoms with van der Waals surface area (Å²) in [4.78, 5) is 26.9. The van der Waals surface area contributed by atoms with E-state index in [0.717, 1.165) is 28.9 Å². The van der Waals surface area contributed by atoms with Gasteiger partial charge in [0.05, 0.1) is 12.0 Å². The highest BCUT2D eigenvalue weighted by Gasteiger charge is 2.31. The Morgan fingerprint density at radius 1 is 0.872 bits per heavy atom. The van der Waals surface area contributed by atoms with Gasteiger partial charge in [-0.25, -0.2) is 0 Å². The summed E-state index contributed by atoms with van der Waals surface area (Å²) in [5, 5.41) is 15.0. The maximum Gasteiger partial charge on any atom is 0.416 e. The number of carbonyl (C=O) groups is 2. The topological polar surface area (TPSA) is 91.3 Å². The third-order valence-corrected chi connectivity index (χ3v) is 6.17. The molecule has 6 nitrogen and oxygen atoms in total. The molecule has 0 bridgehead atoms. The molecule has 0 saturated heterocycles. The maximum absolute atomic E-state index is 13.5. The fourth-order valence-electron chi connectivity index (χ4n) is 3.86. The second kappa shape index (κ2) is 12.0. The van der Waals surface area contributed by atoms with E-state index in [2.05, 4.69) is 15.6 Å². The summed E-state index contributed by atoms with van der Waals surface area (Å²) < 4.78 is 40.4. The molecule has 4 rings (SSSR count). The van der Waals surface area contributed by atoms with E-state index < -0.39 is 23.6 Å². The number of carbonyl (C=O) groups excluding carboxylic acids is 1. The molecule has 0 aliphatic carbocycles. The van der Waals surface area contributed by atoms with Gasteiger partial charge in [-0.05, 0) is 64.7 Å². The molecule has 0 fully saturated rings. The SMILES string of the molecule is O=C(O)CCNC(=O)c1ccc(-c2cc(C(F)(F)F)ccc2CNc2ccc(-c3ccc(Cl)cc3)cc2)cn1. The number of nitrogens with one attached hydrogen (secondary N) is 2. The first kappa shape index (κ1) is 27.7. The Balaban J connectivity index is 1.53. The summed E-state index contributed by atoms with van der Waals surface area (Å²) in [6.45, 7) is 0.174. The number of hydrogen-bond acceptors (Lipinski definition) is 4. The van der Waals surface area contributed by atoms with Gasteiger partial charge in [-0.1, -0.05) is 48.0 Å². The normalized spacial score (nSPS) is 11.2. The van der Waals surface area contributed by atoms with E-state index in [9.17, 15) is 22.8 Å². The van der Waals surface area contributed by atoms with Crippen LogP contribution in [0.15, 0.2) is 85.1 Å². The van der Waals surface area contributed by atoms with Crippen LogP contribution in [0.4, 0.5) is 18.9 Å². The Kier molecular flexibility index (Phi) is 8.51. The highest BCUT2D eigenvalue weighted by molar-refractivity contribution is 6.30. The van der Waals surface area contributed by atoms with Gasteiger partial charge in [0.15, 0.2) is 0 Å². The Morgan fingerprint density at radius 3 is 2.10 bits per heavy atom. The number of aromatic nitrogens is 1. The molecular formula is C29H23ClF3N3O3. The van der Waals surface area contributed by atoms with Crippen LogP contribution < -0.4 is 10.6 Å². The molecule has 0 aliphatic heterocycles. The summed E-state index contributed by atoms with van der Waals surface area (Å²) in [5.41, 5.74) is 3.32. The summed E-state index contributed by atoms with van der Waals surface area (Å²) in [5.74, 6) is -1.63. The van der Waals surface area contributed by atoms with Crippen LogP contribution in [0, 0.1) is 0 Å². The van der Waals surface area contributed by atoms with Crippen molar-refractivity contribution in [2.45, 2.75) is 19.1 Å². The summed E-state index contributed by atoms with van der Waals surface area (Å²) >= 11 is 5.95. The lowest BCUT2D eigenvalue weighted by Crippen LogP contribution is -2.26. The van der Waals surface area contributed by atoms with Gasteiger partial charge in [-0.3, -0.25) is 14.6 Å². The number of alkyl halides is 3. The van der Waals surface area contributed by atoms with Crippen LogP contribution in [-0.2, 0) is 17.5 Å². The van der Waals surface area contributed by atoms with Crippen LogP contribution in [0.25, 0.3) is 22.3 Å². The largest absolute Gasteiger partial charge is 0.481 e. The molecule has 0 aliphatic rings. The van der Waals surface area contributed by atoms with Gasteiger partial charge in [0, 0.05) is 35.6 Å². The Labute approximate surface area is 227 Å². The van der Waals surface area contributed by atoms with E-state index in [-0.39, 0.29) is 25.2 Å². The van der Waals surface area contributed by atoms with Crippen LogP contribution in [0.3, 0.4) is 0 Å². The van der Waals surface area contributed by atoms with Crippen molar-refractivity contribution >= 4 is 29.2 Å². The minimum Gasteiger partial charge on any atom is -0.481 e. The van der Waals surface area contributed by atoms with Crippen LogP contribution in [-0.4, -0.2) is 28.5 Å². The van der Waals surface area contributed by atoms with Gasteiger partial charge < -0.3 is 15.7 Å². The molecule has 10 heteroatoms. The van der Waals surface area contributed by atoms with Crippen molar-refractivity contribution in [1.29, 1.82) is 0 Å². The lowest BCUT2D eigenvalue weighted by atomic mass is 9.97. The molecule has 3 aromatic carbocycles. The number of rotatable bonds is 9. The van der Waals surface area contributed by atoms with E-state index in [0.29, 0.717) is 21.7 Å². The molecule has 1 aromatic heterocycles. The highest BCUT2D eigenvalue weighted by atomic mass is 35.5. The second-order valence-electron chi connectivity index (χ2n) is 8.64. The zero-order valence-corrected chi connectivity index (χ0v) is 21.2. The van der Waals surface area contributed by atoms with Gasteiger partial charge >= 0.3 is 12.1 Å². The first-order valence-corrected chi connectivity index (χ1v) is 12.2. The predicted octanol–water partition coefficient (Wildman–Crippen LogP) is 6.90. The predicted molar refractivity (Wildman–Crippen MR) is 143 cm³/mol. The van der Waals surface area contributed by atoms with E-state index in [4.69, 9.17) is 16.7 Å². The number of carboxylic acids is 1. The van der Waals surface area contributed by atoms with Crippen molar-refractivity contribution in [3.05, 3.63) is 107 Å². The smallest absolute Gasteiger partial charge is 0.416 e. The number of benzene rings is 3. The molecule has 0 atom stereocenters. The quantitative estimate of drug-likeness (QED) is 0.210. The number of nitrogens with zero attached hydrogens (tertiary/aromatic N) is 1. The van der Waals surface area contributed by atoms with Crippen LogP contribution in [0.5, 0.6) is 0 Å². The standard InChI is InChI=1S/C29H23ClF3N3O3/c30-23-8-2-18(3-9-23)19-4-10-24(11-5-19)35-16-20-1-7-22(29(31,32)33)15-25(20)21-6-12-26(36-17-21)28(39)34-14-13-27(37)38/h1-12,15,17,35H,13-14,16H2,(H,34,39)(H,37,38). The summed E-state index contributed by atoms with van der Waals surface area (Å²) in [6.07, 6.45) is -3.45. The van der Waals surface area contributed by atoms with Crippen molar-refractivity contribution < 1.29 is 27.9 Å². The van der Waals surface area contributed by atoms with Gasteiger partial charge in [-0.2, -0.15) is 13.2 Å². The number of anilines is 1. The zero-order valence-electron chi connectivity index (χ0n) is 20.4. The third-order valence-electron chi connectivity index (χ3n) is 5.91. The number of aliphatic carboxylic acids is 1. The summed E-state index contributed by atoms with van der Waals surface area (Å²) in [6, 6.07) is 21.5. The van der Waals surface area contributed by atoms with Crippen LogP contribution in [0.1, 0.15) is 28.0 Å². The van der Waals surface area contributed by atoms with Crippen LogP contribution in [0.2, 0.25) is 5.02 Å². The lowest BCUT2D eigenvalue weighted by Gasteiger charge is -2.15. The highest BCUT2D eigenvalue weighted by Crippen LogP contribution is 2.34. The average molecular weight is 554 g/mol. The van der Waals surface area contributed by atoms with Gasteiger partial charge in [0.2, 0.25) is 0 Å². The number of hydrogen-bond donors (Lipinski definition) is 3. The molecule has 200 valence electrons. The van der Waals surface area contributed by atoms with Crippen molar-refractivity contribution in [3.63, 3.8) is 0 Å². The minimum atomic E-state index is -4.53. The molecule has 0 radical (unpaired) electrons. The van der Waals surface area contributed by atoms with Gasteiger partial charge in [0.1, 0.15) is 5.69 Å². The number of halogens is 4.